The van der Waals surface area contributed by atoms with Gasteiger partial charge in [-0.15, -0.1) is 0 Å². The molecule has 0 aliphatic carbocycles. The summed E-state index contributed by atoms with van der Waals surface area (Å²) in [5, 5.41) is 5.46. The molecule has 0 unspecified atom stereocenters. The maximum atomic E-state index is 5.46. The Bertz CT molecular complexity index is 2240. The topological polar surface area (TPSA) is 53.5 Å². The van der Waals surface area contributed by atoms with Crippen LogP contribution < -0.4 is 16.4 Å². The van der Waals surface area contributed by atoms with Gasteiger partial charge in [-0.05, 0) is 23.2 Å². The molecule has 6 nitrogen and oxygen atoms in total. The SMILES string of the molecule is Cn1ccnc1-c1cccc(B(c2cccc(-c3nccn3C)c2)c2c(-c3ccccc3)nn(-c3ccccc3)c2-c2ccccc2)c1. The van der Waals surface area contributed by atoms with Gasteiger partial charge in [-0.2, -0.15) is 5.10 Å². The van der Waals surface area contributed by atoms with Crippen molar-refractivity contribution in [1.29, 1.82) is 0 Å². The van der Waals surface area contributed by atoms with Gasteiger partial charge in [-0.25, -0.2) is 14.6 Å². The molecule has 0 fully saturated rings. The molecule has 0 aliphatic rings. The first-order chi connectivity index (χ1) is 23.7. The number of aromatic nitrogens is 6. The van der Waals surface area contributed by atoms with Gasteiger partial charge >= 0.3 is 0 Å². The lowest BCUT2D eigenvalue weighted by Gasteiger charge is -2.20. The summed E-state index contributed by atoms with van der Waals surface area (Å²) in [5.41, 5.74) is 10.7. The van der Waals surface area contributed by atoms with Gasteiger partial charge in [-0.1, -0.05) is 138 Å². The highest BCUT2D eigenvalue weighted by molar-refractivity contribution is 6.97. The van der Waals surface area contributed by atoms with Crippen molar-refractivity contribution >= 4 is 23.1 Å². The molecule has 230 valence electrons. The van der Waals surface area contributed by atoms with Crippen LogP contribution in [0.5, 0.6) is 0 Å². The van der Waals surface area contributed by atoms with Crippen LogP contribution in [0.3, 0.4) is 0 Å². The molecule has 0 saturated heterocycles. The molecule has 0 aliphatic heterocycles. The Morgan fingerprint density at radius 2 is 0.979 bits per heavy atom. The third-order valence-electron chi connectivity index (χ3n) is 8.90. The Labute approximate surface area is 280 Å². The Kier molecular flexibility index (Phi) is 7.63. The number of aryl methyl sites for hydroxylation is 2. The molecule has 0 amide bonds. The molecular weight excluding hydrogens is 587 g/mol. The van der Waals surface area contributed by atoms with Crippen LogP contribution in [0, 0.1) is 0 Å². The second kappa shape index (κ2) is 12.5. The molecule has 0 saturated carbocycles. The van der Waals surface area contributed by atoms with Crippen LogP contribution in [0.4, 0.5) is 0 Å². The van der Waals surface area contributed by atoms with E-state index < -0.39 is 0 Å². The molecule has 0 atom stereocenters. The van der Waals surface area contributed by atoms with Gasteiger partial charge in [0.15, 0.2) is 0 Å². The Morgan fingerprint density at radius 3 is 1.48 bits per heavy atom. The summed E-state index contributed by atoms with van der Waals surface area (Å²) < 4.78 is 6.24. The number of nitrogens with zero attached hydrogens (tertiary/aromatic N) is 6. The quantitative estimate of drug-likeness (QED) is 0.182. The highest BCUT2D eigenvalue weighted by Crippen LogP contribution is 2.29. The fourth-order valence-corrected chi connectivity index (χ4v) is 6.67. The van der Waals surface area contributed by atoms with Gasteiger partial charge < -0.3 is 9.13 Å². The predicted molar refractivity (Wildman–Crippen MR) is 196 cm³/mol. The molecule has 8 rings (SSSR count). The number of hydrogen-bond donors (Lipinski definition) is 0. The third kappa shape index (κ3) is 5.35. The summed E-state index contributed by atoms with van der Waals surface area (Å²) in [7, 11) is 4.07. The van der Waals surface area contributed by atoms with E-state index in [1.807, 2.05) is 44.9 Å². The minimum absolute atomic E-state index is 0.187. The van der Waals surface area contributed by atoms with Gasteiger partial charge in [0.2, 0.25) is 6.71 Å². The van der Waals surface area contributed by atoms with E-state index in [2.05, 4.69) is 147 Å². The average molecular weight is 621 g/mol. The summed E-state index contributed by atoms with van der Waals surface area (Å²) in [6.45, 7) is -0.187. The van der Waals surface area contributed by atoms with E-state index in [1.54, 1.807) is 0 Å². The van der Waals surface area contributed by atoms with Crippen molar-refractivity contribution in [2.45, 2.75) is 0 Å². The highest BCUT2D eigenvalue weighted by atomic mass is 15.3. The van der Waals surface area contributed by atoms with Crippen molar-refractivity contribution < 1.29 is 0 Å². The molecule has 3 heterocycles. The molecule has 0 N–H and O–H groups in total. The zero-order valence-corrected chi connectivity index (χ0v) is 26.8. The van der Waals surface area contributed by atoms with Crippen molar-refractivity contribution in [1.82, 2.24) is 28.9 Å². The van der Waals surface area contributed by atoms with Crippen molar-refractivity contribution in [2.24, 2.45) is 14.1 Å². The van der Waals surface area contributed by atoms with Gasteiger partial charge in [-0.3, -0.25) is 0 Å². The van der Waals surface area contributed by atoms with Crippen molar-refractivity contribution in [3.8, 4) is 51.0 Å². The van der Waals surface area contributed by atoms with E-state index in [0.29, 0.717) is 0 Å². The van der Waals surface area contributed by atoms with Crippen LogP contribution in [-0.2, 0) is 14.1 Å². The minimum atomic E-state index is -0.187. The van der Waals surface area contributed by atoms with Gasteiger partial charge in [0, 0.05) is 55.6 Å². The molecule has 8 aromatic rings. The van der Waals surface area contributed by atoms with E-state index in [0.717, 1.165) is 67.4 Å². The molecule has 0 radical (unpaired) electrons. The van der Waals surface area contributed by atoms with Crippen molar-refractivity contribution in [3.05, 3.63) is 164 Å². The third-order valence-corrected chi connectivity index (χ3v) is 8.90. The lowest BCUT2D eigenvalue weighted by molar-refractivity contribution is 0.892. The van der Waals surface area contributed by atoms with E-state index in [9.17, 15) is 0 Å². The Balaban J connectivity index is 1.48. The van der Waals surface area contributed by atoms with E-state index in [4.69, 9.17) is 15.1 Å². The zero-order chi connectivity index (χ0) is 32.5. The second-order valence-electron chi connectivity index (χ2n) is 12.0. The van der Waals surface area contributed by atoms with Gasteiger partial charge in [0.25, 0.3) is 0 Å². The molecule has 48 heavy (non-hydrogen) atoms. The maximum absolute atomic E-state index is 5.46. The summed E-state index contributed by atoms with van der Waals surface area (Å²) in [6.07, 6.45) is 7.67. The minimum Gasteiger partial charge on any atom is -0.334 e. The van der Waals surface area contributed by atoms with E-state index >= 15 is 0 Å². The molecular formula is C41H33BN6. The van der Waals surface area contributed by atoms with Crippen LogP contribution in [-0.4, -0.2) is 35.6 Å². The molecule has 0 spiro atoms. The number of hydrogen-bond acceptors (Lipinski definition) is 3. The maximum Gasteiger partial charge on any atom is 0.247 e. The van der Waals surface area contributed by atoms with Gasteiger partial charge in [0.1, 0.15) is 11.6 Å². The number of benzene rings is 5. The van der Waals surface area contributed by atoms with Crippen LogP contribution in [0.1, 0.15) is 0 Å². The first-order valence-electron chi connectivity index (χ1n) is 16.1. The smallest absolute Gasteiger partial charge is 0.247 e. The number of para-hydroxylation sites is 1. The largest absolute Gasteiger partial charge is 0.334 e. The summed E-state index contributed by atoms with van der Waals surface area (Å²) in [5.74, 6) is 1.84. The normalized spacial score (nSPS) is 11.1. The van der Waals surface area contributed by atoms with Gasteiger partial charge in [0.05, 0.1) is 17.1 Å². The number of imidazole rings is 2. The fraction of sp³-hybridized carbons (Fsp3) is 0.0488. The predicted octanol–water partition coefficient (Wildman–Crippen LogP) is 6.52. The molecule has 3 aromatic heterocycles. The zero-order valence-electron chi connectivity index (χ0n) is 26.8. The molecule has 7 heteroatoms. The Morgan fingerprint density at radius 1 is 0.500 bits per heavy atom. The van der Waals surface area contributed by atoms with Crippen LogP contribution >= 0.6 is 0 Å². The highest BCUT2D eigenvalue weighted by Gasteiger charge is 2.33. The Hall–Kier alpha value is -6.21. The van der Waals surface area contributed by atoms with Crippen LogP contribution in [0.25, 0.3) is 51.0 Å². The molecule has 0 bridgehead atoms. The summed E-state index contributed by atoms with van der Waals surface area (Å²) in [4.78, 5) is 9.40. The summed E-state index contributed by atoms with van der Waals surface area (Å²) in [6, 6.07) is 49.2. The van der Waals surface area contributed by atoms with Crippen LogP contribution in [0.15, 0.2) is 164 Å². The lowest BCUT2D eigenvalue weighted by Crippen LogP contribution is -2.53. The lowest BCUT2D eigenvalue weighted by atomic mass is 9.35. The second-order valence-corrected chi connectivity index (χ2v) is 12.0. The van der Waals surface area contributed by atoms with E-state index in [1.165, 1.54) is 0 Å². The standard InChI is InChI=1S/C41H33BN6/c1-46-26-24-43-40(46)32-18-12-20-34(28-32)42(35-21-13-19-33(29-35)41-44-25-27-47(41)2)37-38(30-14-6-3-7-15-30)45-48(36-22-10-5-11-23-36)39(37)31-16-8-4-9-17-31/h3-29H,1-2H3. The summed E-state index contributed by atoms with van der Waals surface area (Å²) >= 11 is 0. The number of rotatable bonds is 8. The fourth-order valence-electron chi connectivity index (χ4n) is 6.67. The molecule has 5 aromatic carbocycles. The average Bonchev–Trinajstić information content (AvgIpc) is 3.88. The first kappa shape index (κ1) is 29.2. The van der Waals surface area contributed by atoms with Crippen molar-refractivity contribution in [3.63, 3.8) is 0 Å². The van der Waals surface area contributed by atoms with Crippen LogP contribution in [0.2, 0.25) is 0 Å². The first-order valence-corrected chi connectivity index (χ1v) is 16.1. The van der Waals surface area contributed by atoms with E-state index in [-0.39, 0.29) is 6.71 Å². The monoisotopic (exact) mass is 620 g/mol. The van der Waals surface area contributed by atoms with Crippen molar-refractivity contribution in [2.75, 3.05) is 0 Å².